The number of aromatic nitrogens is 3. The van der Waals surface area contributed by atoms with Gasteiger partial charge in [-0.3, -0.25) is 10.0 Å². The second kappa shape index (κ2) is 6.19. The first kappa shape index (κ1) is 16.0. The Hall–Kier alpha value is -2.22. The van der Waals surface area contributed by atoms with Crippen LogP contribution in [0.4, 0.5) is 5.95 Å². The first-order valence-corrected chi connectivity index (χ1v) is 9.75. The molecule has 1 saturated heterocycles. The molecule has 2 fully saturated rings. The van der Waals surface area contributed by atoms with E-state index in [1.165, 1.54) is 25.7 Å². The Morgan fingerprint density at radius 2 is 2.00 bits per heavy atom. The van der Waals surface area contributed by atoms with E-state index in [1.54, 1.807) is 0 Å². The van der Waals surface area contributed by atoms with E-state index in [0.29, 0.717) is 6.04 Å². The Labute approximate surface area is 153 Å². The molecule has 1 N–H and O–H groups in total. The van der Waals surface area contributed by atoms with Crippen LogP contribution < -0.4 is 10.3 Å². The molecule has 0 radical (unpaired) electrons. The normalized spacial score (nSPS) is 25.3. The summed E-state index contributed by atoms with van der Waals surface area (Å²) in [6.45, 7) is 6.23. The molecule has 0 spiro atoms. The number of allylic oxidation sites excluding steroid dienone is 1. The fraction of sp³-hybridized carbons (Fsp3) is 0.667. The van der Waals surface area contributed by atoms with Gasteiger partial charge in [-0.2, -0.15) is 4.98 Å². The third kappa shape index (κ3) is 2.82. The summed E-state index contributed by atoms with van der Waals surface area (Å²) in [6.07, 6.45) is 8.71. The molecular formula is C18H26N8. The fourth-order valence-corrected chi connectivity index (χ4v) is 3.85. The van der Waals surface area contributed by atoms with E-state index < -0.39 is 0 Å². The first-order valence-electron chi connectivity index (χ1n) is 9.75. The molecule has 0 bridgehead atoms. The third-order valence-electron chi connectivity index (χ3n) is 5.50. The maximum Gasteiger partial charge on any atom is 0.244 e. The summed E-state index contributed by atoms with van der Waals surface area (Å²) in [7, 11) is 0. The minimum atomic E-state index is 0.0659. The number of nitrogens with zero attached hydrogens (tertiary/aromatic N) is 7. The molecule has 26 heavy (non-hydrogen) atoms. The van der Waals surface area contributed by atoms with Crippen LogP contribution in [-0.4, -0.2) is 50.6 Å². The van der Waals surface area contributed by atoms with Crippen molar-refractivity contribution in [2.75, 3.05) is 18.0 Å². The number of amidine groups is 1. The average molecular weight is 354 g/mol. The van der Waals surface area contributed by atoms with Crippen molar-refractivity contribution >= 4 is 17.5 Å². The highest BCUT2D eigenvalue weighted by Crippen LogP contribution is 2.36. The van der Waals surface area contributed by atoms with Crippen molar-refractivity contribution in [2.24, 2.45) is 9.98 Å². The maximum absolute atomic E-state index is 4.89. The predicted octanol–water partition coefficient (Wildman–Crippen LogP) is 2.03. The molecule has 1 atom stereocenters. The molecule has 1 unspecified atom stereocenters. The molecule has 8 heteroatoms. The predicted molar refractivity (Wildman–Crippen MR) is 101 cm³/mol. The number of fused-ring (bicyclic) bond motifs is 1. The largest absolute Gasteiger partial charge is 0.340 e. The van der Waals surface area contributed by atoms with Crippen molar-refractivity contribution in [3.8, 4) is 0 Å². The van der Waals surface area contributed by atoms with Gasteiger partial charge >= 0.3 is 0 Å². The van der Waals surface area contributed by atoms with Crippen molar-refractivity contribution in [2.45, 2.75) is 64.6 Å². The lowest BCUT2D eigenvalue weighted by Gasteiger charge is -2.24. The zero-order chi connectivity index (χ0) is 17.7. The minimum absolute atomic E-state index is 0.0659. The van der Waals surface area contributed by atoms with Crippen molar-refractivity contribution < 1.29 is 0 Å². The van der Waals surface area contributed by atoms with Crippen molar-refractivity contribution in [3.63, 3.8) is 0 Å². The molecule has 4 aliphatic rings. The van der Waals surface area contributed by atoms with Crippen LogP contribution in [-0.2, 0) is 6.42 Å². The Morgan fingerprint density at radius 3 is 2.73 bits per heavy atom. The van der Waals surface area contributed by atoms with Crippen molar-refractivity contribution in [1.82, 2.24) is 25.2 Å². The van der Waals surface area contributed by atoms with Crippen LogP contribution in [0.25, 0.3) is 0 Å². The smallest absolute Gasteiger partial charge is 0.244 e. The van der Waals surface area contributed by atoms with Crippen LogP contribution in [0.15, 0.2) is 21.9 Å². The van der Waals surface area contributed by atoms with Gasteiger partial charge in [0.25, 0.3) is 0 Å². The number of aliphatic imine (C=N–C) groups is 2. The number of hydrazine groups is 1. The number of rotatable bonds is 5. The molecule has 0 amide bonds. The highest BCUT2D eigenvalue weighted by molar-refractivity contribution is 6.41. The van der Waals surface area contributed by atoms with Gasteiger partial charge in [-0.25, -0.2) is 15.1 Å². The molecule has 5 rings (SSSR count). The second-order valence-electron chi connectivity index (χ2n) is 7.65. The lowest BCUT2D eigenvalue weighted by Crippen LogP contribution is -2.42. The Morgan fingerprint density at radius 1 is 1.19 bits per heavy atom. The van der Waals surface area contributed by atoms with Crippen LogP contribution >= 0.6 is 0 Å². The first-order chi connectivity index (χ1) is 12.7. The molecule has 3 aliphatic heterocycles. The van der Waals surface area contributed by atoms with Gasteiger partial charge < -0.3 is 4.90 Å². The van der Waals surface area contributed by atoms with Crippen molar-refractivity contribution in [1.29, 1.82) is 0 Å². The van der Waals surface area contributed by atoms with Crippen LogP contribution in [0.2, 0.25) is 0 Å². The number of anilines is 1. The van der Waals surface area contributed by atoms with Crippen LogP contribution in [0, 0.1) is 0 Å². The standard InChI is InChI=1S/C18H26N8/c1-12-11-19-13(2)17-20-15(22-25(12)17)7-8-16-21-18(24-9-3-4-10-24)23-26(16)14-5-6-14/h11,14-15,22H,3-10H2,1-2H3. The van der Waals surface area contributed by atoms with E-state index in [2.05, 4.69) is 20.0 Å². The molecule has 4 heterocycles. The van der Waals surface area contributed by atoms with Gasteiger partial charge in [0.15, 0.2) is 5.84 Å². The van der Waals surface area contributed by atoms with E-state index in [4.69, 9.17) is 15.1 Å². The molecule has 1 aliphatic carbocycles. The number of nitrogens with one attached hydrogen (secondary N) is 1. The fourth-order valence-electron chi connectivity index (χ4n) is 3.85. The Kier molecular flexibility index (Phi) is 3.81. The molecule has 0 aromatic carbocycles. The molecule has 1 aromatic rings. The molecule has 8 nitrogen and oxygen atoms in total. The minimum Gasteiger partial charge on any atom is -0.340 e. The van der Waals surface area contributed by atoms with E-state index in [0.717, 1.165) is 54.9 Å². The second-order valence-corrected chi connectivity index (χ2v) is 7.65. The third-order valence-corrected chi connectivity index (χ3v) is 5.50. The summed E-state index contributed by atoms with van der Waals surface area (Å²) in [6, 6.07) is 0.558. The number of hydrogen-bond donors (Lipinski definition) is 1. The van der Waals surface area contributed by atoms with Gasteiger partial charge in [0.1, 0.15) is 12.0 Å². The van der Waals surface area contributed by atoms with Crippen LogP contribution in [0.1, 0.15) is 57.8 Å². The molecule has 1 saturated carbocycles. The summed E-state index contributed by atoms with van der Waals surface area (Å²) in [5.41, 5.74) is 5.52. The molecule has 1 aromatic heterocycles. The topological polar surface area (TPSA) is 73.9 Å². The van der Waals surface area contributed by atoms with Gasteiger partial charge in [-0.15, -0.1) is 5.10 Å². The Bertz CT molecular complexity index is 794. The monoisotopic (exact) mass is 354 g/mol. The summed E-state index contributed by atoms with van der Waals surface area (Å²) < 4.78 is 2.18. The van der Waals surface area contributed by atoms with E-state index in [1.807, 2.05) is 25.1 Å². The highest BCUT2D eigenvalue weighted by Gasteiger charge is 2.32. The lowest BCUT2D eigenvalue weighted by molar-refractivity contribution is 0.343. The van der Waals surface area contributed by atoms with Crippen molar-refractivity contribution in [3.05, 3.63) is 17.7 Å². The summed E-state index contributed by atoms with van der Waals surface area (Å²) in [5, 5.41) is 6.88. The number of aryl methyl sites for hydroxylation is 1. The molecule has 138 valence electrons. The summed E-state index contributed by atoms with van der Waals surface area (Å²) in [5.74, 6) is 2.98. The number of hydrogen-bond acceptors (Lipinski definition) is 7. The molecular weight excluding hydrogens is 328 g/mol. The quantitative estimate of drug-likeness (QED) is 0.876. The maximum atomic E-state index is 4.89. The summed E-state index contributed by atoms with van der Waals surface area (Å²) >= 11 is 0. The zero-order valence-electron chi connectivity index (χ0n) is 15.5. The van der Waals surface area contributed by atoms with Crippen LogP contribution in [0.5, 0.6) is 0 Å². The van der Waals surface area contributed by atoms with E-state index in [9.17, 15) is 0 Å². The average Bonchev–Trinajstić information content (AvgIpc) is 3.07. The SMILES string of the molecule is CC1=CN=C(C)C2=NC(CCc3nc(N4CCCC4)nn3C3CC3)NN12. The van der Waals surface area contributed by atoms with Gasteiger partial charge in [-0.1, -0.05) is 0 Å². The van der Waals surface area contributed by atoms with Gasteiger partial charge in [0, 0.05) is 25.7 Å². The summed E-state index contributed by atoms with van der Waals surface area (Å²) in [4.78, 5) is 16.4. The Balaban J connectivity index is 1.30. The lowest BCUT2D eigenvalue weighted by atomic mass is 10.2. The highest BCUT2D eigenvalue weighted by atomic mass is 15.6. The van der Waals surface area contributed by atoms with Gasteiger partial charge in [0.05, 0.1) is 17.5 Å². The van der Waals surface area contributed by atoms with Gasteiger partial charge in [-0.05, 0) is 46.0 Å². The zero-order valence-corrected chi connectivity index (χ0v) is 15.5. The van der Waals surface area contributed by atoms with E-state index in [-0.39, 0.29) is 6.17 Å². The van der Waals surface area contributed by atoms with Gasteiger partial charge in [0.2, 0.25) is 5.95 Å². The van der Waals surface area contributed by atoms with E-state index >= 15 is 0 Å². The van der Waals surface area contributed by atoms with Crippen LogP contribution in [0.3, 0.4) is 0 Å².